The quantitative estimate of drug-likeness (QED) is 0.652. The number of benzene rings is 1. The Labute approximate surface area is 94.4 Å². The van der Waals surface area contributed by atoms with Gasteiger partial charge in [0.2, 0.25) is 0 Å². The third kappa shape index (κ3) is 1.12. The van der Waals surface area contributed by atoms with Crippen molar-refractivity contribution in [1.29, 1.82) is 5.26 Å². The highest BCUT2D eigenvalue weighted by Crippen LogP contribution is 2.43. The number of hydrogen-bond acceptors (Lipinski definition) is 2. The van der Waals surface area contributed by atoms with E-state index in [9.17, 15) is 5.26 Å². The molecule has 1 aromatic rings. The van der Waals surface area contributed by atoms with Crippen molar-refractivity contribution in [3.8, 4) is 6.07 Å². The molecule has 2 heteroatoms. The first-order valence-electron chi connectivity index (χ1n) is 5.24. The maximum atomic E-state index is 9.28. The Morgan fingerprint density at radius 2 is 2.00 bits per heavy atom. The van der Waals surface area contributed by atoms with Crippen molar-refractivity contribution in [2.24, 2.45) is 0 Å². The molecule has 0 aliphatic carbocycles. The predicted molar refractivity (Wildman–Crippen MR) is 63.6 cm³/mol. The predicted octanol–water partition coefficient (Wildman–Crippen LogP) is 3.08. The number of allylic oxidation sites excluding steroid dienone is 5. The van der Waals surface area contributed by atoms with Gasteiger partial charge in [-0.05, 0) is 23.8 Å². The number of nitrogens with zero attached hydrogens (tertiary/aromatic N) is 2. The highest BCUT2D eigenvalue weighted by Gasteiger charge is 2.32. The van der Waals surface area contributed by atoms with Gasteiger partial charge < -0.3 is 4.90 Å². The van der Waals surface area contributed by atoms with Crippen LogP contribution in [0.1, 0.15) is 11.5 Å². The van der Waals surface area contributed by atoms with Crippen LogP contribution in [-0.2, 0) is 0 Å². The van der Waals surface area contributed by atoms with E-state index in [2.05, 4.69) is 17.0 Å². The molecule has 0 saturated carbocycles. The molecule has 1 atom stereocenters. The van der Waals surface area contributed by atoms with Gasteiger partial charge >= 0.3 is 0 Å². The lowest BCUT2D eigenvalue weighted by Crippen LogP contribution is -2.10. The van der Waals surface area contributed by atoms with Crippen LogP contribution in [-0.4, -0.2) is 0 Å². The van der Waals surface area contributed by atoms with Crippen molar-refractivity contribution in [3.05, 3.63) is 66.0 Å². The van der Waals surface area contributed by atoms with Gasteiger partial charge in [-0.15, -0.1) is 0 Å². The molecule has 0 saturated heterocycles. The van der Waals surface area contributed by atoms with Gasteiger partial charge in [0.15, 0.2) is 0 Å². The second kappa shape index (κ2) is 3.39. The normalized spacial score (nSPS) is 20.8. The van der Waals surface area contributed by atoms with Crippen LogP contribution < -0.4 is 4.90 Å². The third-order valence-electron chi connectivity index (χ3n) is 2.93. The first-order valence-corrected chi connectivity index (χ1v) is 5.24. The first kappa shape index (κ1) is 8.99. The highest BCUT2D eigenvalue weighted by atomic mass is 15.2. The maximum Gasteiger partial charge on any atom is 0.114 e. The SMILES string of the molecule is N#CC1C2=CC=CC=CN2c2ccccc21. The molecule has 0 amide bonds. The molecule has 0 N–H and O–H groups in total. The number of anilines is 1. The van der Waals surface area contributed by atoms with E-state index in [4.69, 9.17) is 0 Å². The Bertz CT molecular complexity index is 558. The molecule has 2 nitrogen and oxygen atoms in total. The van der Waals surface area contributed by atoms with E-state index in [0.717, 1.165) is 16.9 Å². The van der Waals surface area contributed by atoms with Crippen LogP contribution in [0.25, 0.3) is 0 Å². The minimum atomic E-state index is -0.149. The van der Waals surface area contributed by atoms with Crippen molar-refractivity contribution < 1.29 is 0 Å². The van der Waals surface area contributed by atoms with Crippen molar-refractivity contribution in [2.45, 2.75) is 5.92 Å². The van der Waals surface area contributed by atoms with Crippen molar-refractivity contribution in [1.82, 2.24) is 0 Å². The zero-order chi connectivity index (χ0) is 11.0. The maximum absolute atomic E-state index is 9.28. The summed E-state index contributed by atoms with van der Waals surface area (Å²) in [4.78, 5) is 2.09. The summed E-state index contributed by atoms with van der Waals surface area (Å²) in [5.74, 6) is -0.149. The number of rotatable bonds is 0. The van der Waals surface area contributed by atoms with Crippen LogP contribution in [0.5, 0.6) is 0 Å². The van der Waals surface area contributed by atoms with Crippen molar-refractivity contribution in [2.75, 3.05) is 4.90 Å². The van der Waals surface area contributed by atoms with E-state index >= 15 is 0 Å². The average molecular weight is 206 g/mol. The molecule has 76 valence electrons. The third-order valence-corrected chi connectivity index (χ3v) is 2.93. The molecule has 0 spiro atoms. The molecule has 16 heavy (non-hydrogen) atoms. The summed E-state index contributed by atoms with van der Waals surface area (Å²) in [6.45, 7) is 0. The van der Waals surface area contributed by atoms with E-state index < -0.39 is 0 Å². The van der Waals surface area contributed by atoms with Gasteiger partial charge in [0, 0.05) is 11.9 Å². The fourth-order valence-electron chi connectivity index (χ4n) is 2.22. The van der Waals surface area contributed by atoms with Crippen molar-refractivity contribution >= 4 is 5.69 Å². The van der Waals surface area contributed by atoms with Gasteiger partial charge in [0.25, 0.3) is 0 Å². The molecule has 2 aliphatic rings. The monoisotopic (exact) mass is 206 g/mol. The standard InChI is InChI=1S/C14H10N2/c15-10-12-11-6-3-4-8-13(11)16-9-5-1-2-7-14(12)16/h1-9,12H. The average Bonchev–Trinajstić information content (AvgIpc) is 2.49. The van der Waals surface area contributed by atoms with Crippen molar-refractivity contribution in [3.63, 3.8) is 0 Å². The largest absolute Gasteiger partial charge is 0.319 e. The van der Waals surface area contributed by atoms with E-state index in [0.29, 0.717) is 0 Å². The second-order valence-electron chi connectivity index (χ2n) is 3.81. The number of hydrogen-bond donors (Lipinski definition) is 0. The van der Waals surface area contributed by atoms with Gasteiger partial charge in [0.05, 0.1) is 11.8 Å². The molecule has 0 bridgehead atoms. The van der Waals surface area contributed by atoms with Crippen LogP contribution in [0.2, 0.25) is 0 Å². The molecule has 0 radical (unpaired) electrons. The molecule has 2 heterocycles. The summed E-state index contributed by atoms with van der Waals surface area (Å²) < 4.78 is 0. The molecule has 0 fully saturated rings. The molecule has 0 aromatic heterocycles. The molecular weight excluding hydrogens is 196 g/mol. The smallest absolute Gasteiger partial charge is 0.114 e. The van der Waals surface area contributed by atoms with E-state index in [1.54, 1.807) is 0 Å². The fraction of sp³-hybridized carbons (Fsp3) is 0.0714. The summed E-state index contributed by atoms with van der Waals surface area (Å²) in [6.07, 6.45) is 9.95. The van der Waals surface area contributed by atoms with Gasteiger partial charge in [0.1, 0.15) is 5.92 Å². The first-order chi connectivity index (χ1) is 7.92. The molecule has 3 rings (SSSR count). The van der Waals surface area contributed by atoms with Crippen LogP contribution >= 0.6 is 0 Å². The van der Waals surface area contributed by atoms with Gasteiger partial charge in [-0.2, -0.15) is 5.26 Å². The second-order valence-corrected chi connectivity index (χ2v) is 3.81. The Balaban J connectivity index is 2.24. The summed E-state index contributed by atoms with van der Waals surface area (Å²) in [5, 5.41) is 9.28. The van der Waals surface area contributed by atoms with Crippen LogP contribution in [0, 0.1) is 11.3 Å². The molecule has 2 aliphatic heterocycles. The minimum Gasteiger partial charge on any atom is -0.319 e. The Morgan fingerprint density at radius 3 is 2.88 bits per heavy atom. The van der Waals surface area contributed by atoms with Gasteiger partial charge in [-0.3, -0.25) is 0 Å². The van der Waals surface area contributed by atoms with Crippen LogP contribution in [0.3, 0.4) is 0 Å². The lowest BCUT2D eigenvalue weighted by Gasteiger charge is -2.15. The molecular formula is C14H10N2. The zero-order valence-corrected chi connectivity index (χ0v) is 8.67. The Hall–Kier alpha value is -2.27. The number of fused-ring (bicyclic) bond motifs is 3. The van der Waals surface area contributed by atoms with E-state index in [1.807, 2.05) is 48.7 Å². The minimum absolute atomic E-state index is 0.149. The zero-order valence-electron chi connectivity index (χ0n) is 8.67. The molecule has 1 unspecified atom stereocenters. The highest BCUT2D eigenvalue weighted by molar-refractivity contribution is 5.72. The van der Waals surface area contributed by atoms with E-state index in [1.165, 1.54) is 0 Å². The van der Waals surface area contributed by atoms with Gasteiger partial charge in [-0.25, -0.2) is 0 Å². The number of nitriles is 1. The summed E-state index contributed by atoms with van der Waals surface area (Å²) in [7, 11) is 0. The molecule has 1 aromatic carbocycles. The van der Waals surface area contributed by atoms with Gasteiger partial charge in [-0.1, -0.05) is 30.4 Å². The Morgan fingerprint density at radius 1 is 1.12 bits per heavy atom. The lowest BCUT2D eigenvalue weighted by atomic mass is 10.0. The lowest BCUT2D eigenvalue weighted by molar-refractivity contribution is 1.03. The van der Waals surface area contributed by atoms with E-state index in [-0.39, 0.29) is 5.92 Å². The topological polar surface area (TPSA) is 27.0 Å². The summed E-state index contributed by atoms with van der Waals surface area (Å²) in [5.41, 5.74) is 3.24. The van der Waals surface area contributed by atoms with Crippen LogP contribution in [0.15, 0.2) is 60.5 Å². The summed E-state index contributed by atoms with van der Waals surface area (Å²) in [6, 6.07) is 10.4. The summed E-state index contributed by atoms with van der Waals surface area (Å²) >= 11 is 0. The Kier molecular flexibility index (Phi) is 1.91. The number of para-hydroxylation sites is 1. The fourth-order valence-corrected chi connectivity index (χ4v) is 2.22. The van der Waals surface area contributed by atoms with Crippen LogP contribution in [0.4, 0.5) is 5.69 Å².